The van der Waals surface area contributed by atoms with Gasteiger partial charge < -0.3 is 0 Å². The van der Waals surface area contributed by atoms with Crippen molar-refractivity contribution < 1.29 is 8.42 Å². The average molecular weight is 403 g/mol. The molecule has 6 heteroatoms. The lowest BCUT2D eigenvalue weighted by Crippen LogP contribution is -2.39. The van der Waals surface area contributed by atoms with Crippen LogP contribution in [0.15, 0.2) is 64.5 Å². The predicted molar refractivity (Wildman–Crippen MR) is 114 cm³/mol. The monoisotopic (exact) mass is 402 g/mol. The molecule has 0 saturated heterocycles. The van der Waals surface area contributed by atoms with Crippen LogP contribution in [0, 0.1) is 0 Å². The maximum absolute atomic E-state index is 13.2. The summed E-state index contributed by atoms with van der Waals surface area (Å²) in [7, 11) is -3.60. The molecule has 0 aromatic heterocycles. The first-order chi connectivity index (χ1) is 12.8. The first-order valence-corrected chi connectivity index (χ1v) is 11.6. The molecule has 0 bridgehead atoms. The third kappa shape index (κ3) is 4.74. The van der Waals surface area contributed by atoms with Crippen LogP contribution in [0.1, 0.15) is 38.3 Å². The van der Waals surface area contributed by atoms with Crippen molar-refractivity contribution in [1.82, 2.24) is 4.31 Å². The minimum atomic E-state index is -3.60. The van der Waals surface area contributed by atoms with Crippen LogP contribution in [0.25, 0.3) is 0 Å². The van der Waals surface area contributed by atoms with Gasteiger partial charge >= 0.3 is 0 Å². The van der Waals surface area contributed by atoms with E-state index >= 15 is 0 Å². The topological polar surface area (TPSA) is 49.7 Å². The van der Waals surface area contributed by atoms with E-state index in [0.29, 0.717) is 28.9 Å². The Morgan fingerprint density at radius 2 is 1.70 bits per heavy atom. The second-order valence-electron chi connectivity index (χ2n) is 7.64. The summed E-state index contributed by atoms with van der Waals surface area (Å²) in [5.74, 6) is 0.703. The smallest absolute Gasteiger partial charge is 0.262 e. The Kier molecular flexibility index (Phi) is 5.96. The number of rotatable bonds is 4. The van der Waals surface area contributed by atoms with Gasteiger partial charge in [-0.3, -0.25) is 4.99 Å². The fourth-order valence-corrected chi connectivity index (χ4v) is 5.61. The lowest BCUT2D eigenvalue weighted by Gasteiger charge is -2.28. The summed E-state index contributed by atoms with van der Waals surface area (Å²) in [6.07, 6.45) is 0.745. The molecule has 0 fully saturated rings. The standard InChI is InChI=1S/C21H26N2O2S2/c1-21(2,3)18-10-12-19(13-11-18)27(24,25)23-15-7-14-22-20(23)26-16-17-8-5-4-6-9-17/h4-6,8-13H,7,14-16H2,1-3H3. The molecule has 0 unspecified atom stereocenters. The predicted octanol–water partition coefficient (Wildman–Crippen LogP) is 4.67. The molecule has 144 valence electrons. The molecule has 27 heavy (non-hydrogen) atoms. The van der Waals surface area contributed by atoms with Crippen molar-refractivity contribution in [2.24, 2.45) is 4.99 Å². The Morgan fingerprint density at radius 3 is 2.33 bits per heavy atom. The Hall–Kier alpha value is -1.79. The molecule has 0 radical (unpaired) electrons. The van der Waals surface area contributed by atoms with Gasteiger partial charge in [0.2, 0.25) is 0 Å². The van der Waals surface area contributed by atoms with E-state index < -0.39 is 10.0 Å². The molecule has 4 nitrogen and oxygen atoms in total. The van der Waals surface area contributed by atoms with Gasteiger partial charge in [0.15, 0.2) is 5.17 Å². The molecule has 0 spiro atoms. The van der Waals surface area contributed by atoms with Crippen molar-refractivity contribution >= 4 is 27.0 Å². The van der Waals surface area contributed by atoms with Crippen molar-refractivity contribution in [3.63, 3.8) is 0 Å². The van der Waals surface area contributed by atoms with E-state index in [2.05, 4.69) is 25.8 Å². The summed E-state index contributed by atoms with van der Waals surface area (Å²) >= 11 is 1.48. The number of amidine groups is 1. The van der Waals surface area contributed by atoms with Gasteiger partial charge in [-0.05, 0) is 35.1 Å². The average Bonchev–Trinajstić information content (AvgIpc) is 2.67. The number of sulfonamides is 1. The normalized spacial score (nSPS) is 15.5. The largest absolute Gasteiger partial charge is 0.265 e. The van der Waals surface area contributed by atoms with Gasteiger partial charge in [0.1, 0.15) is 0 Å². The van der Waals surface area contributed by atoms with Gasteiger partial charge in [0.05, 0.1) is 4.90 Å². The van der Waals surface area contributed by atoms with E-state index in [4.69, 9.17) is 0 Å². The van der Waals surface area contributed by atoms with Crippen molar-refractivity contribution in [1.29, 1.82) is 0 Å². The quantitative estimate of drug-likeness (QED) is 0.747. The molecular weight excluding hydrogens is 376 g/mol. The maximum atomic E-state index is 13.2. The van der Waals surface area contributed by atoms with Crippen LogP contribution in [-0.2, 0) is 21.2 Å². The van der Waals surface area contributed by atoms with Crippen LogP contribution < -0.4 is 0 Å². The number of nitrogens with zero attached hydrogens (tertiary/aromatic N) is 2. The highest BCUT2D eigenvalue weighted by Gasteiger charge is 2.30. The number of benzene rings is 2. The fraction of sp³-hybridized carbons (Fsp3) is 0.381. The van der Waals surface area contributed by atoms with Crippen molar-refractivity contribution in [2.45, 2.75) is 43.3 Å². The van der Waals surface area contributed by atoms with Crippen LogP contribution >= 0.6 is 11.8 Å². The van der Waals surface area contributed by atoms with Crippen molar-refractivity contribution in [2.75, 3.05) is 13.1 Å². The van der Waals surface area contributed by atoms with Crippen LogP contribution in [0.2, 0.25) is 0 Å². The third-order valence-corrected chi connectivity index (χ3v) is 7.50. The Morgan fingerprint density at radius 1 is 1.04 bits per heavy atom. The number of thioether (sulfide) groups is 1. The third-order valence-electron chi connectivity index (χ3n) is 4.50. The molecule has 0 saturated carbocycles. The van der Waals surface area contributed by atoms with Gasteiger partial charge in [-0.15, -0.1) is 0 Å². The van der Waals surface area contributed by atoms with Crippen LogP contribution in [-0.4, -0.2) is 31.0 Å². The minimum absolute atomic E-state index is 0.00836. The second-order valence-corrected chi connectivity index (χ2v) is 10.4. The van der Waals surface area contributed by atoms with Crippen LogP contribution in [0.4, 0.5) is 0 Å². The van der Waals surface area contributed by atoms with Gasteiger partial charge in [0, 0.05) is 18.8 Å². The zero-order chi connectivity index (χ0) is 19.5. The highest BCUT2D eigenvalue weighted by Crippen LogP contribution is 2.28. The van der Waals surface area contributed by atoms with Gasteiger partial charge in [-0.25, -0.2) is 12.7 Å². The van der Waals surface area contributed by atoms with Gasteiger partial charge in [-0.1, -0.05) is 75.0 Å². The van der Waals surface area contributed by atoms with E-state index in [1.54, 1.807) is 12.1 Å². The lowest BCUT2D eigenvalue weighted by molar-refractivity contribution is 0.505. The van der Waals surface area contributed by atoms with Crippen molar-refractivity contribution in [3.8, 4) is 0 Å². The van der Waals surface area contributed by atoms with Crippen molar-refractivity contribution in [3.05, 3.63) is 65.7 Å². The highest BCUT2D eigenvalue weighted by atomic mass is 32.2. The molecule has 1 aliphatic heterocycles. The van der Waals surface area contributed by atoms with E-state index in [0.717, 1.165) is 17.5 Å². The van der Waals surface area contributed by atoms with E-state index in [-0.39, 0.29) is 5.41 Å². The number of hydrogen-bond acceptors (Lipinski definition) is 4. The van der Waals surface area contributed by atoms with E-state index in [1.165, 1.54) is 16.1 Å². The molecule has 0 atom stereocenters. The molecule has 0 N–H and O–H groups in total. The molecular formula is C21H26N2O2S2. The zero-order valence-corrected chi connectivity index (χ0v) is 17.7. The molecule has 3 rings (SSSR count). The maximum Gasteiger partial charge on any atom is 0.265 e. The molecule has 0 aliphatic carbocycles. The molecule has 2 aromatic rings. The number of hydrogen-bond donors (Lipinski definition) is 0. The summed E-state index contributed by atoms with van der Waals surface area (Å²) < 4.78 is 27.9. The first kappa shape index (κ1) is 20.0. The Labute approximate surface area is 166 Å². The van der Waals surface area contributed by atoms with Crippen LogP contribution in [0.3, 0.4) is 0 Å². The molecule has 2 aromatic carbocycles. The SMILES string of the molecule is CC(C)(C)c1ccc(S(=O)(=O)N2CCCN=C2SCc2ccccc2)cc1. The van der Waals surface area contributed by atoms with Crippen LogP contribution in [0.5, 0.6) is 0 Å². The second kappa shape index (κ2) is 8.07. The first-order valence-electron chi connectivity index (χ1n) is 9.13. The summed E-state index contributed by atoms with van der Waals surface area (Å²) in [4.78, 5) is 4.83. The van der Waals surface area contributed by atoms with E-state index in [1.807, 2.05) is 42.5 Å². The van der Waals surface area contributed by atoms with Gasteiger partial charge in [-0.2, -0.15) is 0 Å². The number of aliphatic imine (C=N–C) groups is 1. The lowest BCUT2D eigenvalue weighted by atomic mass is 9.87. The summed E-state index contributed by atoms with van der Waals surface area (Å²) in [6.45, 7) is 7.50. The molecule has 1 aliphatic rings. The minimum Gasteiger partial charge on any atom is -0.262 e. The summed E-state index contributed by atoms with van der Waals surface area (Å²) in [5, 5.41) is 0.588. The van der Waals surface area contributed by atoms with E-state index in [9.17, 15) is 8.42 Å². The fourth-order valence-electron chi connectivity index (χ4n) is 2.88. The highest BCUT2D eigenvalue weighted by molar-refractivity contribution is 8.14. The zero-order valence-electron chi connectivity index (χ0n) is 16.1. The Bertz CT molecular complexity index is 899. The molecule has 0 amide bonds. The summed E-state index contributed by atoms with van der Waals surface area (Å²) in [5.41, 5.74) is 2.26. The summed E-state index contributed by atoms with van der Waals surface area (Å²) in [6, 6.07) is 17.3. The van der Waals surface area contributed by atoms with Gasteiger partial charge in [0.25, 0.3) is 10.0 Å². The Balaban J connectivity index is 1.81. The molecule has 1 heterocycles.